The molecular weight excluding hydrogens is 695 g/mol. The molecule has 0 spiro atoms. The average Bonchev–Trinajstić information content (AvgIpc) is 3.63. The Morgan fingerprint density at radius 1 is 0.674 bits per heavy atom. The van der Waals surface area contributed by atoms with E-state index in [1.807, 2.05) is 0 Å². The van der Waals surface area contributed by atoms with Crippen LogP contribution in [0.15, 0.2) is 108 Å². The van der Waals surface area contributed by atoms with E-state index < -0.39 is 21.5 Å². The van der Waals surface area contributed by atoms with Crippen molar-refractivity contribution in [2.24, 2.45) is 5.92 Å². The van der Waals surface area contributed by atoms with Gasteiger partial charge in [0.05, 0.1) is 0 Å². The minimum atomic E-state index is -4.87. The fraction of sp³-hybridized carbons (Fsp3) is 0.238. The molecular formula is C42H43Cl2SiZr. The van der Waals surface area contributed by atoms with Gasteiger partial charge < -0.3 is 0 Å². The Morgan fingerprint density at radius 2 is 1.33 bits per heavy atom. The van der Waals surface area contributed by atoms with E-state index in [9.17, 15) is 0 Å². The number of allylic oxidation sites excluding steroid dienone is 2. The normalized spacial score (nSPS) is 18.4. The predicted molar refractivity (Wildman–Crippen MR) is 203 cm³/mol. The molecule has 0 aliphatic heterocycles. The molecule has 0 nitrogen and oxygen atoms in total. The number of fused-ring (bicyclic) bond motifs is 3. The van der Waals surface area contributed by atoms with Crippen molar-refractivity contribution in [3.05, 3.63) is 142 Å². The van der Waals surface area contributed by atoms with Gasteiger partial charge in [0.15, 0.2) is 0 Å². The molecule has 0 fully saturated rings. The molecule has 5 aromatic rings. The zero-order chi connectivity index (χ0) is 32.6. The van der Waals surface area contributed by atoms with Gasteiger partial charge in [0.25, 0.3) is 0 Å². The van der Waals surface area contributed by atoms with Crippen molar-refractivity contribution in [3.63, 3.8) is 0 Å². The van der Waals surface area contributed by atoms with E-state index in [-0.39, 0.29) is 7.25 Å². The third kappa shape index (κ3) is 4.69. The van der Waals surface area contributed by atoms with E-state index in [4.69, 9.17) is 17.0 Å². The standard InChI is InChI=1S/C22H19.C18H17.C2H7Si.2ClH.Zr/c1-14-11-20-16(3)15(2)13-22(21(20)12-14)19-10-6-8-17-7-4-5-9-18(17)19;1-13(2)16-11-15-9-6-10-17(18(15)12-16)14-7-4-3-5-8-14;1-3-2;;;/h4-13H,1-3H3;3-13H,1-2H3;3H,1-2H3;2*1H;/q;;;;;+2/p-2. The number of halogens is 2. The second-order valence-corrected chi connectivity index (χ2v) is 56.8. The van der Waals surface area contributed by atoms with Gasteiger partial charge in [-0.25, -0.2) is 0 Å². The van der Waals surface area contributed by atoms with Gasteiger partial charge in [-0.05, 0) is 0 Å². The Morgan fingerprint density at radius 3 is 2.04 bits per heavy atom. The van der Waals surface area contributed by atoms with E-state index in [0.29, 0.717) is 5.92 Å². The van der Waals surface area contributed by atoms with Crippen molar-refractivity contribution < 1.29 is 15.6 Å². The zero-order valence-corrected chi connectivity index (χ0v) is 33.1. The molecule has 2 aliphatic rings. The van der Waals surface area contributed by atoms with Crippen LogP contribution in [-0.4, -0.2) is 5.92 Å². The van der Waals surface area contributed by atoms with E-state index in [2.05, 4.69) is 157 Å². The minimum absolute atomic E-state index is 0.0681. The fourth-order valence-electron chi connectivity index (χ4n) is 8.67. The van der Waals surface area contributed by atoms with Crippen LogP contribution < -0.4 is 0 Å². The monoisotopic (exact) mass is 735 g/mol. The maximum absolute atomic E-state index is 8.70. The van der Waals surface area contributed by atoms with E-state index in [1.165, 1.54) is 77.6 Å². The first kappa shape index (κ1) is 32.1. The SMILES string of the molecule is CC1=Cc2c(-c3cccc4ccccc34)cc(C)c(C)c2[CH]1[Zr]([Cl])([Cl])([CH]1C(C(C)C)=Cc2c(-c3ccccc3)cccc21)[SiH](C)C. The van der Waals surface area contributed by atoms with Crippen LogP contribution in [0.1, 0.15) is 61.4 Å². The van der Waals surface area contributed by atoms with Crippen LogP contribution in [0.4, 0.5) is 0 Å². The molecule has 0 heterocycles. The Kier molecular flexibility index (Phi) is 8.09. The molecule has 0 saturated heterocycles. The van der Waals surface area contributed by atoms with Gasteiger partial charge in [-0.3, -0.25) is 0 Å². The number of benzene rings is 5. The van der Waals surface area contributed by atoms with Crippen molar-refractivity contribution in [2.75, 3.05) is 0 Å². The molecule has 233 valence electrons. The van der Waals surface area contributed by atoms with Crippen molar-refractivity contribution >= 4 is 45.9 Å². The third-order valence-corrected chi connectivity index (χ3v) is 63.1. The Bertz CT molecular complexity index is 2080. The van der Waals surface area contributed by atoms with Crippen LogP contribution in [0.5, 0.6) is 0 Å². The summed E-state index contributed by atoms with van der Waals surface area (Å²) < 4.78 is 0.147. The topological polar surface area (TPSA) is 0 Å². The quantitative estimate of drug-likeness (QED) is 0.152. The molecule has 0 aromatic heterocycles. The summed E-state index contributed by atoms with van der Waals surface area (Å²) in [5, 5.41) is 2.55. The zero-order valence-electron chi connectivity index (χ0n) is 28.0. The summed E-state index contributed by atoms with van der Waals surface area (Å²) in [5.41, 5.74) is 15.9. The van der Waals surface area contributed by atoms with E-state index in [1.54, 1.807) is 0 Å². The van der Waals surface area contributed by atoms with Crippen LogP contribution in [-0.2, 0) is 15.6 Å². The van der Waals surface area contributed by atoms with Gasteiger partial charge in [-0.15, -0.1) is 0 Å². The molecule has 0 saturated carbocycles. The first-order valence-electron chi connectivity index (χ1n) is 16.7. The summed E-state index contributed by atoms with van der Waals surface area (Å²) in [5.74, 6) is -1.31. The molecule has 46 heavy (non-hydrogen) atoms. The van der Waals surface area contributed by atoms with Crippen LogP contribution >= 0.6 is 17.0 Å². The number of rotatable bonds is 6. The molecule has 0 amide bonds. The van der Waals surface area contributed by atoms with Crippen LogP contribution in [0.3, 0.4) is 0 Å². The number of hydrogen-bond acceptors (Lipinski definition) is 0. The van der Waals surface area contributed by atoms with Crippen molar-refractivity contribution in [1.29, 1.82) is 0 Å². The maximum atomic E-state index is 8.70. The fourth-order valence-corrected chi connectivity index (χ4v) is 40.9. The molecule has 5 aromatic carbocycles. The van der Waals surface area contributed by atoms with Crippen molar-refractivity contribution in [2.45, 2.75) is 55.0 Å². The molecule has 2 aliphatic carbocycles. The van der Waals surface area contributed by atoms with Crippen molar-refractivity contribution in [1.82, 2.24) is 0 Å². The molecule has 2 unspecified atom stereocenters. The molecule has 4 heteroatoms. The number of aryl methyl sites for hydroxylation is 1. The molecule has 2 atom stereocenters. The molecule has 7 rings (SSSR count). The molecule has 0 N–H and O–H groups in total. The van der Waals surface area contributed by atoms with Gasteiger partial charge in [0.2, 0.25) is 0 Å². The van der Waals surface area contributed by atoms with Gasteiger partial charge in [-0.1, -0.05) is 0 Å². The second-order valence-electron chi connectivity index (χ2n) is 14.3. The summed E-state index contributed by atoms with van der Waals surface area (Å²) >= 11 is -4.87. The Labute approximate surface area is 284 Å². The van der Waals surface area contributed by atoms with E-state index in [0.717, 1.165) is 0 Å². The van der Waals surface area contributed by atoms with Gasteiger partial charge in [0.1, 0.15) is 0 Å². The van der Waals surface area contributed by atoms with Crippen molar-refractivity contribution in [3.8, 4) is 22.3 Å². The summed E-state index contributed by atoms with van der Waals surface area (Å²) in [7, 11) is 17.4. The van der Waals surface area contributed by atoms with Gasteiger partial charge in [0, 0.05) is 0 Å². The average molecular weight is 738 g/mol. The molecule has 0 radical (unpaired) electrons. The Balaban J connectivity index is 1.50. The third-order valence-electron chi connectivity index (χ3n) is 11.2. The van der Waals surface area contributed by atoms with Gasteiger partial charge in [-0.2, -0.15) is 0 Å². The molecule has 0 bridgehead atoms. The van der Waals surface area contributed by atoms with Crippen LogP contribution in [0, 0.1) is 19.8 Å². The van der Waals surface area contributed by atoms with Crippen LogP contribution in [0.2, 0.25) is 13.1 Å². The first-order valence-corrected chi connectivity index (χ1v) is 33.0. The second kappa shape index (κ2) is 11.6. The van der Waals surface area contributed by atoms with E-state index >= 15 is 0 Å². The first-order chi connectivity index (χ1) is 21.9. The summed E-state index contributed by atoms with van der Waals surface area (Å²) in [6, 6.07) is 35.5. The predicted octanol–water partition coefficient (Wildman–Crippen LogP) is 13.0. The van der Waals surface area contributed by atoms with Crippen LogP contribution in [0.25, 0.3) is 45.2 Å². The summed E-state index contributed by atoms with van der Waals surface area (Å²) in [4.78, 5) is 0. The summed E-state index contributed by atoms with van der Waals surface area (Å²) in [6.45, 7) is 16.4. The number of hydrogen-bond donors (Lipinski definition) is 0. The Hall–Kier alpha value is -2.48. The van der Waals surface area contributed by atoms with Gasteiger partial charge >= 0.3 is 286 Å². The summed E-state index contributed by atoms with van der Waals surface area (Å²) in [6.07, 6.45) is 4.93.